The van der Waals surface area contributed by atoms with Crippen molar-refractivity contribution >= 4 is 11.5 Å². The lowest BCUT2D eigenvalue weighted by atomic mass is 9.93. The van der Waals surface area contributed by atoms with Gasteiger partial charge in [0.15, 0.2) is 5.65 Å². The standard InChI is InChI=1S/C16H20N4/c17-14-7-13(15(10-3-4-10)11-5-6-11)19-16-12(9-1-2-9)8-18-20(14)16/h7-11,15H,1-6,17H2. The molecule has 20 heavy (non-hydrogen) atoms. The molecule has 0 aromatic carbocycles. The van der Waals surface area contributed by atoms with E-state index in [4.69, 9.17) is 10.7 Å². The fourth-order valence-corrected chi connectivity index (χ4v) is 3.65. The van der Waals surface area contributed by atoms with Crippen molar-refractivity contribution in [2.45, 2.75) is 50.4 Å². The van der Waals surface area contributed by atoms with Crippen molar-refractivity contribution in [3.05, 3.63) is 23.5 Å². The van der Waals surface area contributed by atoms with Gasteiger partial charge in [0.05, 0.1) is 11.9 Å². The topological polar surface area (TPSA) is 56.2 Å². The maximum absolute atomic E-state index is 6.23. The van der Waals surface area contributed by atoms with Crippen LogP contribution in [0.15, 0.2) is 12.3 Å². The number of anilines is 1. The lowest BCUT2D eigenvalue weighted by Crippen LogP contribution is -2.10. The highest BCUT2D eigenvalue weighted by molar-refractivity contribution is 5.55. The summed E-state index contributed by atoms with van der Waals surface area (Å²) in [6.07, 6.45) is 10.0. The molecule has 3 saturated carbocycles. The highest BCUT2D eigenvalue weighted by Crippen LogP contribution is 2.54. The van der Waals surface area contributed by atoms with Gasteiger partial charge in [0.2, 0.25) is 0 Å². The van der Waals surface area contributed by atoms with Crippen LogP contribution < -0.4 is 5.73 Å². The average molecular weight is 268 g/mol. The van der Waals surface area contributed by atoms with E-state index in [2.05, 4.69) is 11.2 Å². The van der Waals surface area contributed by atoms with Gasteiger partial charge >= 0.3 is 0 Å². The average Bonchev–Trinajstić information content (AvgIpc) is 3.28. The molecule has 3 aliphatic rings. The van der Waals surface area contributed by atoms with Gasteiger partial charge in [0.25, 0.3) is 0 Å². The summed E-state index contributed by atoms with van der Waals surface area (Å²) >= 11 is 0. The summed E-state index contributed by atoms with van der Waals surface area (Å²) in [6.45, 7) is 0. The Morgan fingerprint density at radius 1 is 1.10 bits per heavy atom. The normalized spacial score (nSPS) is 22.9. The molecule has 2 N–H and O–H groups in total. The third kappa shape index (κ3) is 1.67. The summed E-state index contributed by atoms with van der Waals surface area (Å²) in [5, 5.41) is 4.43. The Balaban J connectivity index is 1.65. The molecule has 4 heteroatoms. The van der Waals surface area contributed by atoms with E-state index in [0.29, 0.717) is 11.8 Å². The van der Waals surface area contributed by atoms with Gasteiger partial charge in [-0.1, -0.05) is 0 Å². The summed E-state index contributed by atoms with van der Waals surface area (Å²) in [6, 6.07) is 2.08. The fraction of sp³-hybridized carbons (Fsp3) is 0.625. The Bertz CT molecular complexity index is 665. The molecule has 0 atom stereocenters. The second kappa shape index (κ2) is 3.74. The minimum atomic E-state index is 0.657. The van der Waals surface area contributed by atoms with E-state index in [1.54, 1.807) is 0 Å². The first-order chi connectivity index (χ1) is 9.81. The number of rotatable bonds is 4. The Morgan fingerprint density at radius 3 is 2.40 bits per heavy atom. The van der Waals surface area contributed by atoms with Gasteiger partial charge in [-0.2, -0.15) is 9.61 Å². The van der Waals surface area contributed by atoms with Gasteiger partial charge < -0.3 is 5.73 Å². The molecule has 4 nitrogen and oxygen atoms in total. The fourth-order valence-electron chi connectivity index (χ4n) is 3.65. The zero-order chi connectivity index (χ0) is 13.3. The third-order valence-electron chi connectivity index (χ3n) is 5.16. The molecule has 2 aromatic heterocycles. The van der Waals surface area contributed by atoms with Crippen molar-refractivity contribution in [3.8, 4) is 0 Å². The van der Waals surface area contributed by atoms with E-state index in [-0.39, 0.29) is 0 Å². The van der Waals surface area contributed by atoms with Gasteiger partial charge in [0.1, 0.15) is 5.82 Å². The Morgan fingerprint density at radius 2 is 1.80 bits per heavy atom. The molecular weight excluding hydrogens is 248 g/mol. The van der Waals surface area contributed by atoms with Crippen LogP contribution >= 0.6 is 0 Å². The van der Waals surface area contributed by atoms with Crippen LogP contribution in [0.1, 0.15) is 61.6 Å². The van der Waals surface area contributed by atoms with Crippen molar-refractivity contribution < 1.29 is 0 Å². The van der Waals surface area contributed by atoms with Crippen molar-refractivity contribution in [3.63, 3.8) is 0 Å². The highest BCUT2D eigenvalue weighted by atomic mass is 15.3. The number of nitrogens with zero attached hydrogens (tertiary/aromatic N) is 3. The molecule has 0 unspecified atom stereocenters. The molecule has 2 heterocycles. The van der Waals surface area contributed by atoms with E-state index in [0.717, 1.165) is 23.3 Å². The van der Waals surface area contributed by atoms with E-state index in [1.807, 2.05) is 10.7 Å². The molecule has 0 aliphatic heterocycles. The summed E-state index contributed by atoms with van der Waals surface area (Å²) < 4.78 is 1.83. The minimum absolute atomic E-state index is 0.657. The molecule has 3 aliphatic carbocycles. The predicted octanol–water partition coefficient (Wildman–Crippen LogP) is 3.09. The number of nitrogens with two attached hydrogens (primary N) is 1. The lowest BCUT2D eigenvalue weighted by Gasteiger charge is -2.16. The van der Waals surface area contributed by atoms with Crippen LogP contribution in [-0.4, -0.2) is 14.6 Å². The largest absolute Gasteiger partial charge is 0.384 e. The van der Waals surface area contributed by atoms with Gasteiger partial charge in [-0.25, -0.2) is 4.98 Å². The highest BCUT2D eigenvalue weighted by Gasteiger charge is 2.43. The molecular formula is C16H20N4. The molecule has 0 bridgehead atoms. The Kier molecular flexibility index (Phi) is 2.08. The van der Waals surface area contributed by atoms with Crippen LogP contribution in [0, 0.1) is 11.8 Å². The van der Waals surface area contributed by atoms with Gasteiger partial charge in [-0.05, 0) is 56.3 Å². The van der Waals surface area contributed by atoms with Gasteiger partial charge in [0, 0.05) is 17.5 Å². The SMILES string of the molecule is Nc1cc(C(C2CC2)C2CC2)nc2c(C3CC3)cnn12. The Hall–Kier alpha value is -1.58. The number of hydrogen-bond donors (Lipinski definition) is 1. The molecule has 0 amide bonds. The van der Waals surface area contributed by atoms with E-state index >= 15 is 0 Å². The number of fused-ring (bicyclic) bond motifs is 1. The number of hydrogen-bond acceptors (Lipinski definition) is 3. The maximum Gasteiger partial charge on any atom is 0.161 e. The smallest absolute Gasteiger partial charge is 0.161 e. The summed E-state index contributed by atoms with van der Waals surface area (Å²) in [4.78, 5) is 5.00. The van der Waals surface area contributed by atoms with Crippen molar-refractivity contribution in [2.75, 3.05) is 5.73 Å². The quantitative estimate of drug-likeness (QED) is 0.927. The summed E-state index contributed by atoms with van der Waals surface area (Å²) in [7, 11) is 0. The monoisotopic (exact) mass is 268 g/mol. The van der Waals surface area contributed by atoms with Crippen molar-refractivity contribution in [2.24, 2.45) is 11.8 Å². The van der Waals surface area contributed by atoms with Crippen LogP contribution in [-0.2, 0) is 0 Å². The second-order valence-corrected chi connectivity index (χ2v) is 6.92. The van der Waals surface area contributed by atoms with Crippen molar-refractivity contribution in [1.82, 2.24) is 14.6 Å². The first-order valence-electron chi connectivity index (χ1n) is 7.95. The number of aromatic nitrogens is 3. The first-order valence-corrected chi connectivity index (χ1v) is 7.95. The zero-order valence-corrected chi connectivity index (χ0v) is 11.6. The molecule has 3 fully saturated rings. The van der Waals surface area contributed by atoms with E-state index < -0.39 is 0 Å². The molecule has 2 aromatic rings. The van der Waals surface area contributed by atoms with E-state index in [1.165, 1.54) is 49.8 Å². The first kappa shape index (κ1) is 11.1. The van der Waals surface area contributed by atoms with Crippen LogP contribution in [0.4, 0.5) is 5.82 Å². The summed E-state index contributed by atoms with van der Waals surface area (Å²) in [5.41, 5.74) is 9.80. The van der Waals surface area contributed by atoms with Crippen molar-refractivity contribution in [1.29, 1.82) is 0 Å². The van der Waals surface area contributed by atoms with E-state index in [9.17, 15) is 0 Å². The van der Waals surface area contributed by atoms with Crippen LogP contribution in [0.3, 0.4) is 0 Å². The maximum atomic E-state index is 6.23. The van der Waals surface area contributed by atoms with Gasteiger partial charge in [-0.3, -0.25) is 0 Å². The lowest BCUT2D eigenvalue weighted by molar-refractivity contribution is 0.524. The summed E-state index contributed by atoms with van der Waals surface area (Å²) in [5.74, 6) is 3.82. The molecule has 0 radical (unpaired) electrons. The second-order valence-electron chi connectivity index (χ2n) is 6.92. The Labute approximate surface area is 118 Å². The zero-order valence-electron chi connectivity index (χ0n) is 11.6. The third-order valence-corrected chi connectivity index (χ3v) is 5.16. The van der Waals surface area contributed by atoms with Crippen LogP contribution in [0.5, 0.6) is 0 Å². The molecule has 5 rings (SSSR count). The molecule has 0 saturated heterocycles. The molecule has 104 valence electrons. The molecule has 0 spiro atoms. The van der Waals surface area contributed by atoms with Crippen LogP contribution in [0.25, 0.3) is 5.65 Å². The predicted molar refractivity (Wildman–Crippen MR) is 77.6 cm³/mol. The number of nitrogen functional groups attached to an aromatic ring is 1. The minimum Gasteiger partial charge on any atom is -0.384 e. The van der Waals surface area contributed by atoms with Gasteiger partial charge in [-0.15, -0.1) is 0 Å². The van der Waals surface area contributed by atoms with Crippen LogP contribution in [0.2, 0.25) is 0 Å².